The molecule has 0 fully saturated rings. The first-order valence-electron chi connectivity index (χ1n) is 10.8. The highest BCUT2D eigenvalue weighted by Crippen LogP contribution is 2.26. The summed E-state index contributed by atoms with van der Waals surface area (Å²) in [7, 11) is 0. The van der Waals surface area contributed by atoms with E-state index in [2.05, 4.69) is 10.3 Å². The number of halogens is 2. The van der Waals surface area contributed by atoms with Crippen molar-refractivity contribution < 1.29 is 13.6 Å². The van der Waals surface area contributed by atoms with E-state index >= 15 is 0 Å². The molecule has 5 nitrogen and oxygen atoms in total. The minimum absolute atomic E-state index is 0.217. The summed E-state index contributed by atoms with van der Waals surface area (Å²) in [5, 5.41) is 3.41. The smallest absolute Gasteiger partial charge is 0.266 e. The van der Waals surface area contributed by atoms with Gasteiger partial charge in [-0.2, -0.15) is 0 Å². The van der Waals surface area contributed by atoms with Gasteiger partial charge in [-0.3, -0.25) is 14.2 Å². The van der Waals surface area contributed by atoms with Gasteiger partial charge in [0.1, 0.15) is 11.6 Å². The number of aromatic nitrogens is 2. The Morgan fingerprint density at radius 3 is 2.59 bits per heavy atom. The molecule has 0 aliphatic rings. The van der Waals surface area contributed by atoms with Crippen molar-refractivity contribution in [3.05, 3.63) is 99.8 Å². The predicted molar refractivity (Wildman–Crippen MR) is 130 cm³/mol. The number of thioether (sulfide) groups is 1. The van der Waals surface area contributed by atoms with Crippen molar-refractivity contribution in [3.63, 3.8) is 0 Å². The normalized spacial score (nSPS) is 11.2. The summed E-state index contributed by atoms with van der Waals surface area (Å²) in [5.41, 5.74) is 1.09. The molecule has 0 atom stereocenters. The third-order valence-electron chi connectivity index (χ3n) is 5.15. The highest BCUT2D eigenvalue weighted by molar-refractivity contribution is 7.98. The van der Waals surface area contributed by atoms with Crippen LogP contribution in [0.25, 0.3) is 16.6 Å². The van der Waals surface area contributed by atoms with E-state index in [1.807, 2.05) is 13.8 Å². The largest absolute Gasteiger partial charge is 0.352 e. The quantitative estimate of drug-likeness (QED) is 0.287. The molecule has 1 N–H and O–H groups in total. The summed E-state index contributed by atoms with van der Waals surface area (Å²) in [5.74, 6) is -0.602. The van der Waals surface area contributed by atoms with Crippen molar-refractivity contribution in [2.24, 2.45) is 5.92 Å². The van der Waals surface area contributed by atoms with Crippen molar-refractivity contribution in [3.8, 4) is 5.69 Å². The number of benzene rings is 3. The minimum atomic E-state index is -0.494. The van der Waals surface area contributed by atoms with E-state index in [0.717, 1.165) is 11.8 Å². The molecule has 4 aromatic rings. The summed E-state index contributed by atoms with van der Waals surface area (Å²) in [6, 6.07) is 16.7. The van der Waals surface area contributed by atoms with Crippen LogP contribution >= 0.6 is 11.8 Å². The van der Waals surface area contributed by atoms with Gasteiger partial charge in [0.2, 0.25) is 0 Å². The molecule has 34 heavy (non-hydrogen) atoms. The van der Waals surface area contributed by atoms with Crippen LogP contribution in [-0.2, 0) is 5.75 Å². The third-order valence-corrected chi connectivity index (χ3v) is 6.14. The van der Waals surface area contributed by atoms with Crippen LogP contribution < -0.4 is 10.9 Å². The van der Waals surface area contributed by atoms with Crippen LogP contribution in [0.3, 0.4) is 0 Å². The zero-order valence-electron chi connectivity index (χ0n) is 18.7. The Hall–Kier alpha value is -3.52. The highest BCUT2D eigenvalue weighted by atomic mass is 32.2. The van der Waals surface area contributed by atoms with Crippen LogP contribution in [0.1, 0.15) is 29.8 Å². The second-order valence-corrected chi connectivity index (χ2v) is 9.17. The summed E-state index contributed by atoms with van der Waals surface area (Å²) in [6.07, 6.45) is 0. The van der Waals surface area contributed by atoms with E-state index in [1.165, 1.54) is 28.8 Å². The maximum Gasteiger partial charge on any atom is 0.266 e. The van der Waals surface area contributed by atoms with E-state index in [9.17, 15) is 18.4 Å². The standard InChI is InChI=1S/C26H23F2N3O2S/c1-16(2)14-29-24(32)17-10-11-21-23(12-17)30-26(34-15-18-6-3-4-9-22(18)28)31(25(21)33)20-8-5-7-19(27)13-20/h3-13,16H,14-15H2,1-2H3,(H,29,32). The van der Waals surface area contributed by atoms with Crippen molar-refractivity contribution in [1.82, 2.24) is 14.9 Å². The topological polar surface area (TPSA) is 64.0 Å². The summed E-state index contributed by atoms with van der Waals surface area (Å²) in [4.78, 5) is 30.6. The van der Waals surface area contributed by atoms with Gasteiger partial charge in [0, 0.05) is 17.9 Å². The predicted octanol–water partition coefficient (Wildman–Crippen LogP) is 5.34. The van der Waals surface area contributed by atoms with Crippen LogP contribution in [0.4, 0.5) is 8.78 Å². The monoisotopic (exact) mass is 479 g/mol. The third kappa shape index (κ3) is 5.17. The first-order chi connectivity index (χ1) is 16.3. The van der Waals surface area contributed by atoms with Gasteiger partial charge in [-0.05, 0) is 53.9 Å². The lowest BCUT2D eigenvalue weighted by Crippen LogP contribution is -2.27. The van der Waals surface area contributed by atoms with Crippen LogP contribution in [0.15, 0.2) is 76.7 Å². The lowest BCUT2D eigenvalue weighted by Gasteiger charge is -2.14. The first-order valence-corrected chi connectivity index (χ1v) is 11.8. The fraction of sp³-hybridized carbons (Fsp3) is 0.192. The molecule has 3 aromatic carbocycles. The maximum atomic E-state index is 14.2. The average molecular weight is 480 g/mol. The molecule has 1 heterocycles. The molecule has 174 valence electrons. The molecule has 0 saturated carbocycles. The zero-order valence-corrected chi connectivity index (χ0v) is 19.5. The second-order valence-electron chi connectivity index (χ2n) is 8.23. The van der Waals surface area contributed by atoms with Crippen LogP contribution in [0.5, 0.6) is 0 Å². The molecule has 0 aliphatic heterocycles. The van der Waals surface area contributed by atoms with Crippen molar-refractivity contribution in [2.75, 3.05) is 6.54 Å². The van der Waals surface area contributed by atoms with E-state index in [-0.39, 0.29) is 22.6 Å². The van der Waals surface area contributed by atoms with Crippen molar-refractivity contribution >= 4 is 28.6 Å². The Morgan fingerprint density at radius 1 is 1.06 bits per heavy atom. The number of nitrogens with zero attached hydrogens (tertiary/aromatic N) is 2. The van der Waals surface area contributed by atoms with E-state index in [4.69, 9.17) is 0 Å². The molecular formula is C26H23F2N3O2S. The van der Waals surface area contributed by atoms with Gasteiger partial charge in [0.05, 0.1) is 16.6 Å². The van der Waals surface area contributed by atoms with Gasteiger partial charge in [-0.1, -0.05) is 49.9 Å². The number of amides is 1. The number of hydrogen-bond acceptors (Lipinski definition) is 4. The first kappa shape index (κ1) is 23.6. The lowest BCUT2D eigenvalue weighted by atomic mass is 10.1. The SMILES string of the molecule is CC(C)CNC(=O)c1ccc2c(=O)n(-c3cccc(F)c3)c(SCc3ccccc3F)nc2c1. The zero-order chi connectivity index (χ0) is 24.2. The average Bonchev–Trinajstić information content (AvgIpc) is 2.81. The molecule has 0 radical (unpaired) electrons. The van der Waals surface area contributed by atoms with Gasteiger partial charge >= 0.3 is 0 Å². The molecule has 0 unspecified atom stereocenters. The minimum Gasteiger partial charge on any atom is -0.352 e. The molecule has 0 aliphatic carbocycles. The Labute approximate surface area is 199 Å². The van der Waals surface area contributed by atoms with Gasteiger partial charge in [-0.25, -0.2) is 13.8 Å². The number of carbonyl (C=O) groups excluding carboxylic acids is 1. The summed E-state index contributed by atoms with van der Waals surface area (Å²) >= 11 is 1.16. The molecule has 1 amide bonds. The fourth-order valence-electron chi connectivity index (χ4n) is 3.40. The highest BCUT2D eigenvalue weighted by Gasteiger charge is 2.17. The number of hydrogen-bond donors (Lipinski definition) is 1. The van der Waals surface area contributed by atoms with Crippen LogP contribution in [0, 0.1) is 17.6 Å². The molecule has 0 bridgehead atoms. The molecule has 0 spiro atoms. The van der Waals surface area contributed by atoms with Crippen molar-refractivity contribution in [1.29, 1.82) is 0 Å². The van der Waals surface area contributed by atoms with Gasteiger partial charge in [0.15, 0.2) is 5.16 Å². The lowest BCUT2D eigenvalue weighted by molar-refractivity contribution is 0.0949. The number of carbonyl (C=O) groups is 1. The Balaban J connectivity index is 1.81. The second kappa shape index (κ2) is 10.2. The van der Waals surface area contributed by atoms with E-state index in [0.29, 0.717) is 40.2 Å². The summed E-state index contributed by atoms with van der Waals surface area (Å²) < 4.78 is 29.5. The van der Waals surface area contributed by atoms with Crippen molar-refractivity contribution in [2.45, 2.75) is 24.8 Å². The number of nitrogens with one attached hydrogen (secondary N) is 1. The number of fused-ring (bicyclic) bond motifs is 1. The van der Waals surface area contributed by atoms with Crippen LogP contribution in [0.2, 0.25) is 0 Å². The molecule has 1 aromatic heterocycles. The Morgan fingerprint density at radius 2 is 1.85 bits per heavy atom. The van der Waals surface area contributed by atoms with E-state index < -0.39 is 11.4 Å². The van der Waals surface area contributed by atoms with Crippen LogP contribution in [-0.4, -0.2) is 22.0 Å². The summed E-state index contributed by atoms with van der Waals surface area (Å²) in [6.45, 7) is 4.52. The van der Waals surface area contributed by atoms with Gasteiger partial charge in [-0.15, -0.1) is 0 Å². The van der Waals surface area contributed by atoms with Gasteiger partial charge < -0.3 is 5.32 Å². The molecule has 0 saturated heterocycles. The number of rotatable bonds is 7. The fourth-order valence-corrected chi connectivity index (χ4v) is 4.40. The Bertz CT molecular complexity index is 1420. The van der Waals surface area contributed by atoms with Gasteiger partial charge in [0.25, 0.3) is 11.5 Å². The maximum absolute atomic E-state index is 14.2. The molecular weight excluding hydrogens is 456 g/mol. The van der Waals surface area contributed by atoms with E-state index in [1.54, 1.807) is 42.5 Å². The Kier molecular flexibility index (Phi) is 7.07. The molecule has 8 heteroatoms. The molecule has 4 rings (SSSR count).